The minimum atomic E-state index is -0.820. The molecule has 0 radical (unpaired) electrons. The second kappa shape index (κ2) is 5.29. The highest BCUT2D eigenvalue weighted by molar-refractivity contribution is 5.47. The van der Waals surface area contributed by atoms with Gasteiger partial charge < -0.3 is 10.6 Å². The van der Waals surface area contributed by atoms with Gasteiger partial charge in [-0.3, -0.25) is 0 Å². The molecule has 1 heterocycles. The monoisotopic (exact) mass is 243 g/mol. The zero-order valence-corrected chi connectivity index (χ0v) is 10.7. The maximum atomic E-state index is 13.7. The quantitative estimate of drug-likeness (QED) is 0.884. The Kier molecular flexibility index (Phi) is 4.26. The van der Waals surface area contributed by atoms with E-state index in [1.54, 1.807) is 4.90 Å². The third-order valence-corrected chi connectivity index (χ3v) is 2.40. The van der Waals surface area contributed by atoms with Crippen LogP contribution in [-0.2, 0) is 0 Å². The van der Waals surface area contributed by atoms with E-state index < -0.39 is 11.6 Å². The van der Waals surface area contributed by atoms with E-state index in [-0.39, 0.29) is 17.7 Å². The van der Waals surface area contributed by atoms with Gasteiger partial charge >= 0.3 is 0 Å². The number of pyridine rings is 1. The maximum absolute atomic E-state index is 13.7. The molecule has 0 aromatic carbocycles. The van der Waals surface area contributed by atoms with E-state index in [0.29, 0.717) is 12.5 Å². The van der Waals surface area contributed by atoms with E-state index in [0.717, 1.165) is 6.07 Å². The van der Waals surface area contributed by atoms with Gasteiger partial charge in [-0.05, 0) is 19.8 Å². The second-order valence-corrected chi connectivity index (χ2v) is 4.80. The fourth-order valence-electron chi connectivity index (χ4n) is 1.61. The first-order chi connectivity index (χ1) is 7.82. The van der Waals surface area contributed by atoms with Crippen molar-refractivity contribution < 1.29 is 8.78 Å². The number of anilines is 2. The first-order valence-electron chi connectivity index (χ1n) is 5.71. The molecule has 0 fully saturated rings. The van der Waals surface area contributed by atoms with Gasteiger partial charge in [0, 0.05) is 18.7 Å². The van der Waals surface area contributed by atoms with Crippen LogP contribution in [0.4, 0.5) is 20.4 Å². The standard InChI is InChI=1S/C12H19F2N3/c1-7(2)6-17(8(3)4)12-10(14)5-9(13)11(15)16-12/h5,7-8H,6H2,1-4H3,(H2,15,16). The second-order valence-electron chi connectivity index (χ2n) is 4.80. The Bertz CT molecular complexity index is 392. The average molecular weight is 243 g/mol. The third-order valence-electron chi connectivity index (χ3n) is 2.40. The smallest absolute Gasteiger partial charge is 0.168 e. The fraction of sp³-hybridized carbons (Fsp3) is 0.583. The molecule has 0 spiro atoms. The molecule has 0 saturated carbocycles. The molecule has 1 aromatic rings. The average Bonchev–Trinajstić information content (AvgIpc) is 2.20. The summed E-state index contributed by atoms with van der Waals surface area (Å²) in [6, 6.07) is 0.858. The Labute approximate surface area is 101 Å². The summed E-state index contributed by atoms with van der Waals surface area (Å²) < 4.78 is 26.7. The van der Waals surface area contributed by atoms with Crippen LogP contribution in [0.15, 0.2) is 6.07 Å². The predicted molar refractivity (Wildman–Crippen MR) is 65.9 cm³/mol. The van der Waals surface area contributed by atoms with E-state index in [2.05, 4.69) is 4.98 Å². The molecule has 1 aromatic heterocycles. The van der Waals surface area contributed by atoms with Crippen molar-refractivity contribution >= 4 is 11.6 Å². The Morgan fingerprint density at radius 2 is 1.82 bits per heavy atom. The molecule has 5 heteroatoms. The lowest BCUT2D eigenvalue weighted by molar-refractivity contribution is 0.532. The molecule has 0 atom stereocenters. The minimum Gasteiger partial charge on any atom is -0.381 e. The Morgan fingerprint density at radius 1 is 1.24 bits per heavy atom. The molecule has 0 amide bonds. The summed E-state index contributed by atoms with van der Waals surface area (Å²) in [5.41, 5.74) is 5.38. The summed E-state index contributed by atoms with van der Waals surface area (Å²) in [6.07, 6.45) is 0. The van der Waals surface area contributed by atoms with Crippen molar-refractivity contribution in [2.24, 2.45) is 5.92 Å². The van der Waals surface area contributed by atoms with Gasteiger partial charge in [0.2, 0.25) is 0 Å². The van der Waals surface area contributed by atoms with Gasteiger partial charge in [-0.1, -0.05) is 13.8 Å². The highest BCUT2D eigenvalue weighted by Gasteiger charge is 2.19. The van der Waals surface area contributed by atoms with Crippen LogP contribution < -0.4 is 10.6 Å². The molecule has 0 saturated heterocycles. The highest BCUT2D eigenvalue weighted by atomic mass is 19.1. The lowest BCUT2D eigenvalue weighted by Crippen LogP contribution is -2.35. The molecular formula is C12H19F2N3. The van der Waals surface area contributed by atoms with Crippen LogP contribution >= 0.6 is 0 Å². The van der Waals surface area contributed by atoms with Crippen molar-refractivity contribution in [2.45, 2.75) is 33.7 Å². The minimum absolute atomic E-state index is 0.0734. The Morgan fingerprint density at radius 3 is 2.29 bits per heavy atom. The van der Waals surface area contributed by atoms with E-state index in [4.69, 9.17) is 5.73 Å². The summed E-state index contributed by atoms with van der Waals surface area (Å²) in [4.78, 5) is 5.59. The number of nitrogens with zero attached hydrogens (tertiary/aromatic N) is 2. The van der Waals surface area contributed by atoms with Crippen molar-refractivity contribution in [1.29, 1.82) is 0 Å². The lowest BCUT2D eigenvalue weighted by Gasteiger charge is -2.30. The van der Waals surface area contributed by atoms with E-state index >= 15 is 0 Å². The molecule has 0 bridgehead atoms. The number of rotatable bonds is 4. The van der Waals surface area contributed by atoms with Crippen LogP contribution in [0.3, 0.4) is 0 Å². The molecule has 17 heavy (non-hydrogen) atoms. The van der Waals surface area contributed by atoms with E-state index in [9.17, 15) is 8.78 Å². The van der Waals surface area contributed by atoms with Crippen LogP contribution in [0.2, 0.25) is 0 Å². The summed E-state index contributed by atoms with van der Waals surface area (Å²) in [5.74, 6) is -1.29. The first kappa shape index (κ1) is 13.7. The summed E-state index contributed by atoms with van der Waals surface area (Å²) in [7, 11) is 0. The van der Waals surface area contributed by atoms with Gasteiger partial charge in [-0.25, -0.2) is 13.8 Å². The third kappa shape index (κ3) is 3.28. The van der Waals surface area contributed by atoms with Crippen LogP contribution in [0.1, 0.15) is 27.7 Å². The van der Waals surface area contributed by atoms with Crippen molar-refractivity contribution in [3.05, 3.63) is 17.7 Å². The molecule has 2 N–H and O–H groups in total. The molecular weight excluding hydrogens is 224 g/mol. The summed E-state index contributed by atoms with van der Waals surface area (Å²) in [5, 5.41) is 0. The molecule has 0 aliphatic carbocycles. The van der Waals surface area contributed by atoms with Crippen molar-refractivity contribution in [2.75, 3.05) is 17.2 Å². The first-order valence-corrected chi connectivity index (χ1v) is 5.71. The van der Waals surface area contributed by atoms with Gasteiger partial charge in [-0.15, -0.1) is 0 Å². The number of halogens is 2. The fourth-order valence-corrected chi connectivity index (χ4v) is 1.61. The number of hydrogen-bond donors (Lipinski definition) is 1. The lowest BCUT2D eigenvalue weighted by atomic mass is 10.1. The van der Waals surface area contributed by atoms with Crippen LogP contribution in [0.25, 0.3) is 0 Å². The number of nitrogens with two attached hydrogens (primary N) is 1. The maximum Gasteiger partial charge on any atom is 0.168 e. The van der Waals surface area contributed by atoms with Gasteiger partial charge in [0.1, 0.15) is 0 Å². The van der Waals surface area contributed by atoms with Crippen LogP contribution in [-0.4, -0.2) is 17.6 Å². The van der Waals surface area contributed by atoms with Gasteiger partial charge in [0.05, 0.1) is 0 Å². The topological polar surface area (TPSA) is 42.2 Å². The van der Waals surface area contributed by atoms with Crippen molar-refractivity contribution in [1.82, 2.24) is 4.98 Å². The number of hydrogen-bond acceptors (Lipinski definition) is 3. The SMILES string of the molecule is CC(C)CN(c1nc(N)c(F)cc1F)C(C)C. The van der Waals surface area contributed by atoms with E-state index in [1.165, 1.54) is 0 Å². The van der Waals surface area contributed by atoms with Gasteiger partial charge in [-0.2, -0.15) is 0 Å². The van der Waals surface area contributed by atoms with Gasteiger partial charge in [0.25, 0.3) is 0 Å². The summed E-state index contributed by atoms with van der Waals surface area (Å²) in [6.45, 7) is 8.57. The zero-order chi connectivity index (χ0) is 13.2. The van der Waals surface area contributed by atoms with Gasteiger partial charge in [0.15, 0.2) is 23.3 Å². The molecule has 0 unspecified atom stereocenters. The highest BCUT2D eigenvalue weighted by Crippen LogP contribution is 2.23. The van der Waals surface area contributed by atoms with Crippen LogP contribution in [0, 0.1) is 17.6 Å². The number of aromatic nitrogens is 1. The summed E-state index contributed by atoms with van der Waals surface area (Å²) >= 11 is 0. The Hall–Kier alpha value is -1.39. The predicted octanol–water partition coefficient (Wildman–Crippen LogP) is 2.81. The number of nitrogen functional groups attached to an aromatic ring is 1. The molecule has 0 aliphatic rings. The molecule has 3 nitrogen and oxygen atoms in total. The van der Waals surface area contributed by atoms with Crippen molar-refractivity contribution in [3.8, 4) is 0 Å². The van der Waals surface area contributed by atoms with Crippen molar-refractivity contribution in [3.63, 3.8) is 0 Å². The normalized spacial score (nSPS) is 11.3. The zero-order valence-electron chi connectivity index (χ0n) is 10.7. The molecule has 96 valence electrons. The molecule has 1 rings (SSSR count). The largest absolute Gasteiger partial charge is 0.381 e. The van der Waals surface area contributed by atoms with E-state index in [1.807, 2.05) is 27.7 Å². The molecule has 0 aliphatic heterocycles. The Balaban J connectivity index is 3.14. The van der Waals surface area contributed by atoms with Crippen LogP contribution in [0.5, 0.6) is 0 Å².